The average molecular weight is 287 g/mol. The Labute approximate surface area is 104 Å². The molecule has 0 radical (unpaired) electrons. The number of pyridine rings is 1. The van der Waals surface area contributed by atoms with Crippen molar-refractivity contribution in [3.8, 4) is 0 Å². The van der Waals surface area contributed by atoms with Crippen LogP contribution in [0.2, 0.25) is 0 Å². The van der Waals surface area contributed by atoms with E-state index < -0.39 is 0 Å². The smallest absolute Gasteiger partial charge is 0.224 e. The first-order valence-electron chi connectivity index (χ1n) is 5.05. The number of amides is 1. The van der Waals surface area contributed by atoms with E-state index in [1.165, 1.54) is 0 Å². The van der Waals surface area contributed by atoms with E-state index in [0.29, 0.717) is 13.0 Å². The van der Waals surface area contributed by atoms with Crippen molar-refractivity contribution in [1.82, 2.24) is 4.98 Å². The lowest BCUT2D eigenvalue weighted by Gasteiger charge is -2.07. The summed E-state index contributed by atoms with van der Waals surface area (Å²) in [5.41, 5.74) is 1.56. The van der Waals surface area contributed by atoms with Crippen molar-refractivity contribution >= 4 is 27.5 Å². The van der Waals surface area contributed by atoms with Gasteiger partial charge in [-0.25, -0.2) is 4.98 Å². The topological polar surface area (TPSA) is 51.2 Å². The highest BCUT2D eigenvalue weighted by molar-refractivity contribution is 9.10. The lowest BCUT2D eigenvalue weighted by atomic mass is 10.2. The highest BCUT2D eigenvalue weighted by atomic mass is 79.9. The van der Waals surface area contributed by atoms with Crippen LogP contribution in [-0.4, -0.2) is 24.6 Å². The molecule has 0 saturated heterocycles. The van der Waals surface area contributed by atoms with Gasteiger partial charge in [-0.15, -0.1) is 0 Å². The van der Waals surface area contributed by atoms with E-state index in [9.17, 15) is 4.79 Å². The second kappa shape index (κ2) is 6.60. The summed E-state index contributed by atoms with van der Waals surface area (Å²) in [6, 6.07) is 3.64. The summed E-state index contributed by atoms with van der Waals surface area (Å²) in [4.78, 5) is 15.7. The molecule has 0 atom stereocenters. The van der Waals surface area contributed by atoms with Crippen LogP contribution in [-0.2, 0) is 9.53 Å². The molecule has 0 bridgehead atoms. The predicted molar refractivity (Wildman–Crippen MR) is 66.4 cm³/mol. The Balaban J connectivity index is 2.49. The van der Waals surface area contributed by atoms with Gasteiger partial charge in [-0.3, -0.25) is 4.79 Å². The molecule has 0 spiro atoms. The zero-order chi connectivity index (χ0) is 12.0. The highest BCUT2D eigenvalue weighted by Gasteiger charge is 2.05. The third-order valence-electron chi connectivity index (χ3n) is 2.08. The summed E-state index contributed by atoms with van der Waals surface area (Å²) in [5.74, 6) is -0.00993. The molecule has 88 valence electrons. The number of hydrogen-bond acceptors (Lipinski definition) is 3. The summed E-state index contributed by atoms with van der Waals surface area (Å²) >= 11 is 3.27. The fourth-order valence-electron chi connectivity index (χ4n) is 1.25. The predicted octanol–water partition coefficient (Wildman–Crippen LogP) is 2.52. The van der Waals surface area contributed by atoms with Gasteiger partial charge < -0.3 is 10.1 Å². The molecular formula is C11H15BrN2O2. The number of halogens is 1. The van der Waals surface area contributed by atoms with Crippen LogP contribution in [0.3, 0.4) is 0 Å². The Kier molecular flexibility index (Phi) is 5.42. The summed E-state index contributed by atoms with van der Waals surface area (Å²) in [5, 5.41) is 2.82. The van der Waals surface area contributed by atoms with Crippen LogP contribution in [0.25, 0.3) is 0 Å². The standard InChI is InChI=1S/C11H15BrN2O2/c1-8-9(5-6-10(12)13-8)14-11(15)4-3-7-16-2/h5-6H,3-4,7H2,1-2H3,(H,14,15). The number of anilines is 1. The minimum absolute atomic E-state index is 0.00993. The van der Waals surface area contributed by atoms with E-state index in [1.54, 1.807) is 13.2 Å². The lowest BCUT2D eigenvalue weighted by molar-refractivity contribution is -0.116. The molecule has 0 aliphatic heterocycles. The summed E-state index contributed by atoms with van der Waals surface area (Å²) in [6.45, 7) is 2.46. The first kappa shape index (κ1) is 13.1. The molecule has 1 aromatic rings. The highest BCUT2D eigenvalue weighted by Crippen LogP contribution is 2.16. The van der Waals surface area contributed by atoms with Gasteiger partial charge >= 0.3 is 0 Å². The Bertz CT molecular complexity index is 369. The van der Waals surface area contributed by atoms with Crippen molar-refractivity contribution in [2.45, 2.75) is 19.8 Å². The fourth-order valence-corrected chi connectivity index (χ4v) is 1.65. The van der Waals surface area contributed by atoms with Gasteiger partial charge in [0.25, 0.3) is 0 Å². The van der Waals surface area contributed by atoms with Gasteiger partial charge in [0.05, 0.1) is 11.4 Å². The zero-order valence-corrected chi connectivity index (χ0v) is 11.0. The molecule has 0 aromatic carbocycles. The number of methoxy groups -OCH3 is 1. The van der Waals surface area contributed by atoms with Gasteiger partial charge in [-0.2, -0.15) is 0 Å². The largest absolute Gasteiger partial charge is 0.385 e. The van der Waals surface area contributed by atoms with Crippen LogP contribution >= 0.6 is 15.9 Å². The van der Waals surface area contributed by atoms with Gasteiger partial charge in [0.2, 0.25) is 5.91 Å². The average Bonchev–Trinajstić information content (AvgIpc) is 2.23. The van der Waals surface area contributed by atoms with Crippen molar-refractivity contribution in [3.05, 3.63) is 22.4 Å². The normalized spacial score (nSPS) is 10.2. The number of carbonyl (C=O) groups excluding carboxylic acids is 1. The molecule has 0 aliphatic carbocycles. The van der Waals surface area contributed by atoms with E-state index in [0.717, 1.165) is 22.4 Å². The van der Waals surface area contributed by atoms with Gasteiger partial charge in [0.15, 0.2) is 0 Å². The van der Waals surface area contributed by atoms with Crippen LogP contribution in [0, 0.1) is 6.92 Å². The molecule has 4 nitrogen and oxygen atoms in total. The molecule has 0 fully saturated rings. The first-order chi connectivity index (χ1) is 7.63. The van der Waals surface area contributed by atoms with Crippen LogP contribution in [0.5, 0.6) is 0 Å². The Morgan fingerprint density at radius 3 is 2.94 bits per heavy atom. The maximum atomic E-state index is 11.5. The number of nitrogens with zero attached hydrogens (tertiary/aromatic N) is 1. The van der Waals surface area contributed by atoms with Gasteiger partial charge in [-0.1, -0.05) is 0 Å². The number of hydrogen-bond donors (Lipinski definition) is 1. The van der Waals surface area contributed by atoms with Crippen LogP contribution in [0.15, 0.2) is 16.7 Å². The summed E-state index contributed by atoms with van der Waals surface area (Å²) in [6.07, 6.45) is 1.19. The minimum atomic E-state index is -0.00993. The quantitative estimate of drug-likeness (QED) is 0.668. The number of nitrogens with one attached hydrogen (secondary N) is 1. The van der Waals surface area contributed by atoms with E-state index in [4.69, 9.17) is 4.74 Å². The molecule has 1 amide bonds. The number of rotatable bonds is 5. The maximum absolute atomic E-state index is 11.5. The lowest BCUT2D eigenvalue weighted by Crippen LogP contribution is -2.13. The maximum Gasteiger partial charge on any atom is 0.224 e. The molecule has 1 rings (SSSR count). The summed E-state index contributed by atoms with van der Waals surface area (Å²) < 4.78 is 5.65. The molecule has 1 heterocycles. The molecule has 5 heteroatoms. The van der Waals surface area contributed by atoms with Crippen molar-refractivity contribution < 1.29 is 9.53 Å². The number of aryl methyl sites for hydroxylation is 1. The van der Waals surface area contributed by atoms with Crippen LogP contribution in [0.1, 0.15) is 18.5 Å². The third-order valence-corrected chi connectivity index (χ3v) is 2.52. The van der Waals surface area contributed by atoms with E-state index in [-0.39, 0.29) is 5.91 Å². The number of ether oxygens (including phenoxy) is 1. The molecule has 0 unspecified atom stereocenters. The zero-order valence-electron chi connectivity index (χ0n) is 9.42. The first-order valence-corrected chi connectivity index (χ1v) is 5.84. The van der Waals surface area contributed by atoms with Crippen LogP contribution < -0.4 is 5.32 Å². The molecular weight excluding hydrogens is 272 g/mol. The van der Waals surface area contributed by atoms with E-state index in [2.05, 4.69) is 26.2 Å². The third kappa shape index (κ3) is 4.28. The van der Waals surface area contributed by atoms with Crippen LogP contribution in [0.4, 0.5) is 5.69 Å². The Morgan fingerprint density at radius 2 is 2.31 bits per heavy atom. The molecule has 0 saturated carbocycles. The van der Waals surface area contributed by atoms with Crippen molar-refractivity contribution in [2.24, 2.45) is 0 Å². The van der Waals surface area contributed by atoms with E-state index in [1.807, 2.05) is 13.0 Å². The van der Waals surface area contributed by atoms with E-state index >= 15 is 0 Å². The van der Waals surface area contributed by atoms with Crippen molar-refractivity contribution in [2.75, 3.05) is 19.0 Å². The van der Waals surface area contributed by atoms with Crippen molar-refractivity contribution in [3.63, 3.8) is 0 Å². The number of aromatic nitrogens is 1. The second-order valence-electron chi connectivity index (χ2n) is 3.41. The van der Waals surface area contributed by atoms with Gasteiger partial charge in [0.1, 0.15) is 4.60 Å². The fraction of sp³-hybridized carbons (Fsp3) is 0.455. The van der Waals surface area contributed by atoms with Gasteiger partial charge in [0, 0.05) is 20.1 Å². The Hall–Kier alpha value is -0.940. The monoisotopic (exact) mass is 286 g/mol. The molecule has 1 aromatic heterocycles. The molecule has 16 heavy (non-hydrogen) atoms. The number of carbonyl (C=O) groups is 1. The SMILES string of the molecule is COCCCC(=O)Nc1ccc(Br)nc1C. The van der Waals surface area contributed by atoms with Crippen molar-refractivity contribution in [1.29, 1.82) is 0 Å². The molecule has 0 aliphatic rings. The summed E-state index contributed by atoms with van der Waals surface area (Å²) in [7, 11) is 1.63. The molecule has 1 N–H and O–H groups in total. The Morgan fingerprint density at radius 1 is 1.56 bits per heavy atom. The minimum Gasteiger partial charge on any atom is -0.385 e. The van der Waals surface area contributed by atoms with Gasteiger partial charge in [-0.05, 0) is 41.4 Å². The second-order valence-corrected chi connectivity index (χ2v) is 4.22.